The summed E-state index contributed by atoms with van der Waals surface area (Å²) in [5, 5.41) is 9.12. The monoisotopic (exact) mass is 371 g/mol. The molecule has 0 radical (unpaired) electrons. The molecule has 1 fully saturated rings. The quantitative estimate of drug-likeness (QED) is 0.884. The maximum atomic E-state index is 12.6. The molecule has 0 aromatic heterocycles. The van der Waals surface area contributed by atoms with E-state index in [1.165, 1.54) is 12.1 Å². The number of nitrogens with zero attached hydrogens (tertiary/aromatic N) is 1. The number of sulfonamides is 1. The summed E-state index contributed by atoms with van der Waals surface area (Å²) in [5.41, 5.74) is 0. The molecule has 0 amide bonds. The Morgan fingerprint density at radius 1 is 1.24 bits per heavy atom. The second-order valence-electron chi connectivity index (χ2n) is 4.74. The smallest absolute Gasteiger partial charge is 0.307 e. The zero-order valence-corrected chi connectivity index (χ0v) is 13.8. The summed E-state index contributed by atoms with van der Waals surface area (Å²) in [5.74, 6) is -1.73. The van der Waals surface area contributed by atoms with Crippen molar-refractivity contribution in [3.8, 4) is 0 Å². The zero-order chi connectivity index (χ0) is 15.8. The number of piperidine rings is 1. The van der Waals surface area contributed by atoms with E-state index in [1.54, 1.807) is 0 Å². The molecule has 1 aromatic rings. The van der Waals surface area contributed by atoms with Gasteiger partial charge >= 0.3 is 5.97 Å². The van der Waals surface area contributed by atoms with E-state index in [4.69, 9.17) is 39.9 Å². The molecule has 0 saturated carbocycles. The fourth-order valence-corrected chi connectivity index (χ4v) is 5.28. The molecule has 0 aliphatic carbocycles. The van der Waals surface area contributed by atoms with Crippen molar-refractivity contribution >= 4 is 50.8 Å². The van der Waals surface area contributed by atoms with Gasteiger partial charge < -0.3 is 5.11 Å². The van der Waals surface area contributed by atoms with E-state index in [0.29, 0.717) is 12.8 Å². The van der Waals surface area contributed by atoms with E-state index in [0.717, 1.165) is 4.31 Å². The minimum Gasteiger partial charge on any atom is -0.481 e. The van der Waals surface area contributed by atoms with E-state index < -0.39 is 21.9 Å². The van der Waals surface area contributed by atoms with Crippen molar-refractivity contribution in [3.05, 3.63) is 27.2 Å². The topological polar surface area (TPSA) is 74.7 Å². The zero-order valence-electron chi connectivity index (χ0n) is 10.7. The Morgan fingerprint density at radius 2 is 1.81 bits per heavy atom. The summed E-state index contributed by atoms with van der Waals surface area (Å²) in [6.07, 6.45) is 0.919. The Hall–Kier alpha value is -0.530. The number of rotatable bonds is 3. The molecule has 1 aliphatic heterocycles. The highest BCUT2D eigenvalue weighted by molar-refractivity contribution is 7.89. The van der Waals surface area contributed by atoms with Gasteiger partial charge in [0, 0.05) is 18.1 Å². The fraction of sp³-hybridized carbons (Fsp3) is 0.417. The molecule has 9 heteroatoms. The lowest BCUT2D eigenvalue weighted by Gasteiger charge is -2.30. The van der Waals surface area contributed by atoms with Crippen LogP contribution in [0.5, 0.6) is 0 Å². The number of hydrogen-bond acceptors (Lipinski definition) is 3. The van der Waals surface area contributed by atoms with Gasteiger partial charge in [0.25, 0.3) is 0 Å². The van der Waals surface area contributed by atoms with E-state index >= 15 is 0 Å². The van der Waals surface area contributed by atoms with Crippen LogP contribution in [0, 0.1) is 5.92 Å². The van der Waals surface area contributed by atoms with Gasteiger partial charge in [-0.05, 0) is 25.0 Å². The van der Waals surface area contributed by atoms with Crippen molar-refractivity contribution in [1.82, 2.24) is 4.31 Å². The number of aliphatic carboxylic acids is 1. The second kappa shape index (κ2) is 6.30. The van der Waals surface area contributed by atoms with Crippen LogP contribution in [0.1, 0.15) is 12.8 Å². The number of carbonyl (C=O) groups is 1. The molecule has 21 heavy (non-hydrogen) atoms. The van der Waals surface area contributed by atoms with Crippen molar-refractivity contribution < 1.29 is 18.3 Å². The fourth-order valence-electron chi connectivity index (χ4n) is 2.27. The number of carboxylic acids is 1. The average molecular weight is 373 g/mol. The first-order chi connectivity index (χ1) is 9.73. The van der Waals surface area contributed by atoms with Crippen LogP contribution in [0.4, 0.5) is 0 Å². The summed E-state index contributed by atoms with van der Waals surface area (Å²) >= 11 is 17.7. The first-order valence-electron chi connectivity index (χ1n) is 6.11. The highest BCUT2D eigenvalue weighted by atomic mass is 35.5. The molecular formula is C12H12Cl3NO4S. The Balaban J connectivity index is 2.41. The predicted molar refractivity (Wildman–Crippen MR) is 80.6 cm³/mol. The molecular weight excluding hydrogens is 361 g/mol. The molecule has 116 valence electrons. The van der Waals surface area contributed by atoms with Crippen LogP contribution < -0.4 is 0 Å². The highest BCUT2D eigenvalue weighted by Crippen LogP contribution is 2.35. The minimum atomic E-state index is -3.96. The van der Waals surface area contributed by atoms with Gasteiger partial charge in [-0.1, -0.05) is 34.8 Å². The Morgan fingerprint density at radius 3 is 2.33 bits per heavy atom. The van der Waals surface area contributed by atoms with Crippen LogP contribution >= 0.6 is 34.8 Å². The summed E-state index contributed by atoms with van der Waals surface area (Å²) in [6, 6.07) is 2.58. The second-order valence-corrected chi connectivity index (χ2v) is 7.86. The minimum absolute atomic E-state index is 0.0788. The van der Waals surface area contributed by atoms with E-state index in [1.807, 2.05) is 0 Å². The van der Waals surface area contributed by atoms with Gasteiger partial charge in [-0.2, -0.15) is 4.31 Å². The molecule has 0 spiro atoms. The first-order valence-corrected chi connectivity index (χ1v) is 8.68. The van der Waals surface area contributed by atoms with Crippen LogP contribution in [-0.2, 0) is 14.8 Å². The number of carboxylic acid groups (broad SMARTS) is 1. The SMILES string of the molecule is O=C(O)[C@@H]1CCCN(S(=O)(=O)c2c(Cl)cc(Cl)cc2Cl)C1. The number of benzene rings is 1. The summed E-state index contributed by atoms with van der Waals surface area (Å²) in [4.78, 5) is 10.8. The first kappa shape index (κ1) is 16.8. The van der Waals surface area contributed by atoms with Crippen LogP contribution in [0.3, 0.4) is 0 Å². The van der Waals surface area contributed by atoms with Gasteiger partial charge in [0.15, 0.2) is 0 Å². The van der Waals surface area contributed by atoms with Crippen molar-refractivity contribution in [1.29, 1.82) is 0 Å². The van der Waals surface area contributed by atoms with Crippen LogP contribution in [-0.4, -0.2) is 36.9 Å². The number of halogens is 3. The molecule has 1 heterocycles. The molecule has 0 unspecified atom stereocenters. The number of hydrogen-bond donors (Lipinski definition) is 1. The van der Waals surface area contributed by atoms with E-state index in [2.05, 4.69) is 0 Å². The van der Waals surface area contributed by atoms with Crippen molar-refractivity contribution in [3.63, 3.8) is 0 Å². The molecule has 1 saturated heterocycles. The van der Waals surface area contributed by atoms with Crippen LogP contribution in [0.15, 0.2) is 17.0 Å². The Bertz CT molecular complexity index is 654. The van der Waals surface area contributed by atoms with Gasteiger partial charge in [-0.3, -0.25) is 4.79 Å². The molecule has 1 atom stereocenters. The Labute approximate surface area is 137 Å². The summed E-state index contributed by atoms with van der Waals surface area (Å²) < 4.78 is 26.4. The molecule has 0 bridgehead atoms. The van der Waals surface area contributed by atoms with Gasteiger partial charge in [-0.25, -0.2) is 8.42 Å². The molecule has 1 N–H and O–H groups in total. The molecule has 1 aromatic carbocycles. The summed E-state index contributed by atoms with van der Waals surface area (Å²) in [7, 11) is -3.96. The normalized spacial score (nSPS) is 20.4. The largest absolute Gasteiger partial charge is 0.481 e. The summed E-state index contributed by atoms with van der Waals surface area (Å²) in [6.45, 7) is 0.147. The lowest BCUT2D eigenvalue weighted by atomic mass is 10.0. The van der Waals surface area contributed by atoms with Crippen molar-refractivity contribution in [2.75, 3.05) is 13.1 Å². The van der Waals surface area contributed by atoms with Crippen molar-refractivity contribution in [2.45, 2.75) is 17.7 Å². The van der Waals surface area contributed by atoms with Crippen molar-refractivity contribution in [2.24, 2.45) is 5.92 Å². The Kier molecular flexibility index (Phi) is 5.05. The highest BCUT2D eigenvalue weighted by Gasteiger charge is 2.35. The predicted octanol–water partition coefficient (Wildman–Crippen LogP) is 3.13. The van der Waals surface area contributed by atoms with E-state index in [-0.39, 0.29) is 33.1 Å². The van der Waals surface area contributed by atoms with Crippen LogP contribution in [0.25, 0.3) is 0 Å². The van der Waals surface area contributed by atoms with Gasteiger partial charge in [0.1, 0.15) is 4.90 Å². The average Bonchev–Trinajstić information content (AvgIpc) is 2.37. The maximum Gasteiger partial charge on any atom is 0.307 e. The third kappa shape index (κ3) is 3.46. The molecule has 2 rings (SSSR count). The van der Waals surface area contributed by atoms with Gasteiger partial charge in [0.05, 0.1) is 16.0 Å². The van der Waals surface area contributed by atoms with Crippen LogP contribution in [0.2, 0.25) is 15.1 Å². The lowest BCUT2D eigenvalue weighted by molar-refractivity contribution is -0.142. The third-order valence-electron chi connectivity index (χ3n) is 3.29. The standard InChI is InChI=1S/C12H12Cl3NO4S/c13-8-4-9(14)11(10(15)5-8)21(19,20)16-3-1-2-7(6-16)12(17)18/h4-5,7H,1-3,6H2,(H,17,18)/t7-/m1/s1. The lowest BCUT2D eigenvalue weighted by Crippen LogP contribution is -2.42. The van der Waals surface area contributed by atoms with Gasteiger partial charge in [-0.15, -0.1) is 0 Å². The maximum absolute atomic E-state index is 12.6. The van der Waals surface area contributed by atoms with E-state index in [9.17, 15) is 13.2 Å². The third-order valence-corrected chi connectivity index (χ3v) is 6.30. The van der Waals surface area contributed by atoms with Gasteiger partial charge in [0.2, 0.25) is 10.0 Å². The molecule has 1 aliphatic rings. The molecule has 5 nitrogen and oxygen atoms in total.